The van der Waals surface area contributed by atoms with Gasteiger partial charge in [-0.25, -0.2) is 18.9 Å². The summed E-state index contributed by atoms with van der Waals surface area (Å²) in [4.78, 5) is 23.1. The van der Waals surface area contributed by atoms with Gasteiger partial charge in [0, 0.05) is 35.3 Å². The van der Waals surface area contributed by atoms with Crippen LogP contribution in [0.5, 0.6) is 5.75 Å². The molecule has 2 amide bonds. The van der Waals surface area contributed by atoms with E-state index in [0.717, 1.165) is 28.8 Å². The van der Waals surface area contributed by atoms with Gasteiger partial charge >= 0.3 is 12.4 Å². The van der Waals surface area contributed by atoms with Gasteiger partial charge in [-0.3, -0.25) is 0 Å². The fourth-order valence-corrected chi connectivity index (χ4v) is 5.47. The SMILES string of the molecule is Cc1ccc(C(C)C)c(N2CCSC2=NC(=O)N/C=C(\F)c2ccc(-c3ncn(-c4ccc(OC(F)(F)F)cc4)n3)cc2)c1. The standard InChI is InChI=1S/C31H28F4N6O2S/c1-19(2)25-13-4-20(3)16-27(25)40-14-15-44-30(40)38-29(42)36-17-26(32)21-5-7-22(8-6-21)28-37-18-41(39-28)23-9-11-24(12-10-23)43-31(33,34)35/h4-13,16-19H,14-15H2,1-3H3,(H,36,42)/b26-17-,38-30?. The van der Waals surface area contributed by atoms with E-state index in [2.05, 4.69) is 57.2 Å². The fraction of sp³-hybridized carbons (Fsp3) is 0.226. The molecule has 0 radical (unpaired) electrons. The minimum atomic E-state index is -4.78. The number of nitrogens with one attached hydrogen (secondary N) is 1. The van der Waals surface area contributed by atoms with Crippen LogP contribution in [0, 0.1) is 6.92 Å². The van der Waals surface area contributed by atoms with E-state index in [0.29, 0.717) is 34.7 Å². The summed E-state index contributed by atoms with van der Waals surface area (Å²) < 4.78 is 57.3. The van der Waals surface area contributed by atoms with E-state index in [1.54, 1.807) is 12.1 Å². The Morgan fingerprint density at radius 1 is 1.09 bits per heavy atom. The van der Waals surface area contributed by atoms with E-state index >= 15 is 0 Å². The molecule has 228 valence electrons. The molecule has 1 fully saturated rings. The number of amidine groups is 1. The predicted octanol–water partition coefficient (Wildman–Crippen LogP) is 7.85. The number of amides is 2. The van der Waals surface area contributed by atoms with Crippen LogP contribution in [0.1, 0.15) is 36.5 Å². The van der Waals surface area contributed by atoms with E-state index < -0.39 is 18.2 Å². The van der Waals surface area contributed by atoms with Crippen LogP contribution in [-0.2, 0) is 0 Å². The Morgan fingerprint density at radius 2 is 1.82 bits per heavy atom. The Morgan fingerprint density at radius 3 is 2.50 bits per heavy atom. The van der Waals surface area contributed by atoms with Crippen molar-refractivity contribution in [2.75, 3.05) is 17.2 Å². The zero-order valence-corrected chi connectivity index (χ0v) is 24.8. The van der Waals surface area contributed by atoms with Crippen LogP contribution in [0.25, 0.3) is 22.9 Å². The summed E-state index contributed by atoms with van der Waals surface area (Å²) in [6, 6.07) is 17.0. The Balaban J connectivity index is 1.23. The van der Waals surface area contributed by atoms with Crippen molar-refractivity contribution in [3.63, 3.8) is 0 Å². The highest BCUT2D eigenvalue weighted by Crippen LogP contribution is 2.33. The highest BCUT2D eigenvalue weighted by atomic mass is 32.2. The van der Waals surface area contributed by atoms with Crippen LogP contribution in [0.4, 0.5) is 28.0 Å². The molecule has 0 bridgehead atoms. The first-order valence-electron chi connectivity index (χ1n) is 13.6. The van der Waals surface area contributed by atoms with Gasteiger partial charge in [0.15, 0.2) is 11.0 Å². The number of aliphatic imine (C=N–C) groups is 1. The molecule has 1 saturated heterocycles. The smallest absolute Gasteiger partial charge is 0.406 e. The van der Waals surface area contributed by atoms with E-state index in [1.165, 1.54) is 59.2 Å². The lowest BCUT2D eigenvalue weighted by Crippen LogP contribution is -2.27. The van der Waals surface area contributed by atoms with Gasteiger partial charge in [-0.05, 0) is 54.3 Å². The number of carbonyl (C=O) groups excluding carboxylic acids is 1. The van der Waals surface area contributed by atoms with Crippen LogP contribution in [0.2, 0.25) is 0 Å². The number of rotatable bonds is 7. The zero-order valence-electron chi connectivity index (χ0n) is 24.0. The van der Waals surface area contributed by atoms with Crippen molar-refractivity contribution in [1.82, 2.24) is 20.1 Å². The van der Waals surface area contributed by atoms with Crippen molar-refractivity contribution in [2.24, 2.45) is 4.99 Å². The van der Waals surface area contributed by atoms with E-state index in [1.807, 2.05) is 11.8 Å². The van der Waals surface area contributed by atoms with Gasteiger partial charge in [0.1, 0.15) is 17.9 Å². The molecule has 3 aromatic carbocycles. The van der Waals surface area contributed by atoms with Crippen molar-refractivity contribution in [2.45, 2.75) is 33.1 Å². The molecule has 0 aliphatic carbocycles. The predicted molar refractivity (Wildman–Crippen MR) is 164 cm³/mol. The monoisotopic (exact) mass is 624 g/mol. The van der Waals surface area contributed by atoms with Crippen molar-refractivity contribution >= 4 is 34.5 Å². The average molecular weight is 625 g/mol. The Hall–Kier alpha value is -4.65. The number of anilines is 1. The molecule has 4 aromatic rings. The van der Waals surface area contributed by atoms with Crippen molar-refractivity contribution in [3.05, 3.63) is 95.9 Å². The van der Waals surface area contributed by atoms with Crippen molar-refractivity contribution < 1.29 is 27.1 Å². The first-order chi connectivity index (χ1) is 21.0. The van der Waals surface area contributed by atoms with Crippen molar-refractivity contribution in [3.8, 4) is 22.8 Å². The molecule has 8 nitrogen and oxygen atoms in total. The molecular weight excluding hydrogens is 596 g/mol. The number of benzene rings is 3. The summed E-state index contributed by atoms with van der Waals surface area (Å²) in [6.45, 7) is 6.97. The maximum absolute atomic E-state index is 14.9. The van der Waals surface area contributed by atoms with Crippen LogP contribution >= 0.6 is 11.8 Å². The zero-order chi connectivity index (χ0) is 31.4. The minimum Gasteiger partial charge on any atom is -0.406 e. The molecule has 44 heavy (non-hydrogen) atoms. The number of aromatic nitrogens is 3. The number of alkyl halides is 3. The maximum Gasteiger partial charge on any atom is 0.573 e. The average Bonchev–Trinajstić information content (AvgIpc) is 3.66. The second-order valence-corrected chi connectivity index (χ2v) is 11.2. The first kappa shape index (κ1) is 30.8. The number of hydrogen-bond donors (Lipinski definition) is 1. The molecule has 0 saturated carbocycles. The highest BCUT2D eigenvalue weighted by molar-refractivity contribution is 8.14. The fourth-order valence-electron chi connectivity index (χ4n) is 4.52. The molecule has 1 aromatic heterocycles. The summed E-state index contributed by atoms with van der Waals surface area (Å²) in [5, 5.41) is 7.31. The summed E-state index contributed by atoms with van der Waals surface area (Å²) in [7, 11) is 0. The molecular formula is C31H28F4N6O2S. The maximum atomic E-state index is 14.9. The van der Waals surface area contributed by atoms with Gasteiger partial charge in [-0.1, -0.05) is 62.0 Å². The lowest BCUT2D eigenvalue weighted by molar-refractivity contribution is -0.274. The summed E-state index contributed by atoms with van der Waals surface area (Å²) in [6.07, 6.45) is -2.40. The van der Waals surface area contributed by atoms with Crippen LogP contribution in [-0.4, -0.2) is 44.6 Å². The van der Waals surface area contributed by atoms with Crippen LogP contribution in [0.15, 0.2) is 84.2 Å². The Labute approximate surface area is 255 Å². The van der Waals surface area contributed by atoms with Gasteiger partial charge < -0.3 is 15.0 Å². The molecule has 13 heteroatoms. The van der Waals surface area contributed by atoms with Gasteiger partial charge in [-0.15, -0.1) is 18.3 Å². The van der Waals surface area contributed by atoms with Gasteiger partial charge in [0.05, 0.1) is 5.69 Å². The molecule has 0 atom stereocenters. The summed E-state index contributed by atoms with van der Waals surface area (Å²) >= 11 is 1.47. The van der Waals surface area contributed by atoms with Crippen LogP contribution in [0.3, 0.4) is 0 Å². The number of ether oxygens (including phenoxy) is 1. The minimum absolute atomic E-state index is 0.222. The second-order valence-electron chi connectivity index (χ2n) is 10.2. The third-order valence-electron chi connectivity index (χ3n) is 6.64. The largest absolute Gasteiger partial charge is 0.573 e. The number of thioether (sulfide) groups is 1. The number of aryl methyl sites for hydroxylation is 1. The number of urea groups is 1. The van der Waals surface area contributed by atoms with E-state index in [4.69, 9.17) is 0 Å². The molecule has 1 N–H and O–H groups in total. The molecule has 5 rings (SSSR count). The van der Waals surface area contributed by atoms with Gasteiger partial charge in [-0.2, -0.15) is 4.99 Å². The van der Waals surface area contributed by atoms with Crippen molar-refractivity contribution in [1.29, 1.82) is 0 Å². The van der Waals surface area contributed by atoms with Crippen LogP contribution < -0.4 is 15.0 Å². The second kappa shape index (κ2) is 12.9. The molecule has 0 unspecified atom stereocenters. The van der Waals surface area contributed by atoms with Gasteiger partial charge in [0.2, 0.25) is 0 Å². The van der Waals surface area contributed by atoms with E-state index in [-0.39, 0.29) is 11.3 Å². The summed E-state index contributed by atoms with van der Waals surface area (Å²) in [5.41, 5.74) is 4.57. The molecule has 1 aliphatic rings. The normalized spacial score (nSPS) is 14.9. The number of carbonyl (C=O) groups is 1. The number of nitrogens with zero attached hydrogens (tertiary/aromatic N) is 5. The third-order valence-corrected chi connectivity index (χ3v) is 7.60. The summed E-state index contributed by atoms with van der Waals surface area (Å²) in [5.74, 6) is 0.390. The quantitative estimate of drug-likeness (QED) is 0.211. The topological polar surface area (TPSA) is 84.6 Å². The molecule has 2 heterocycles. The molecule has 1 aliphatic heterocycles. The number of halogens is 4. The number of hydrogen-bond acceptors (Lipinski definition) is 5. The molecule has 0 spiro atoms. The van der Waals surface area contributed by atoms with E-state index in [9.17, 15) is 22.4 Å². The highest BCUT2D eigenvalue weighted by Gasteiger charge is 2.31. The Kier molecular flexibility index (Phi) is 9.04. The van der Waals surface area contributed by atoms with Gasteiger partial charge in [0.25, 0.3) is 0 Å². The Bertz CT molecular complexity index is 1700. The lowest BCUT2D eigenvalue weighted by atomic mass is 9.99. The third kappa shape index (κ3) is 7.46. The first-order valence-corrected chi connectivity index (χ1v) is 14.6. The lowest BCUT2D eigenvalue weighted by Gasteiger charge is -2.23.